The lowest BCUT2D eigenvalue weighted by molar-refractivity contribution is -0.126. The first kappa shape index (κ1) is 20.5. The number of nitrogens with one attached hydrogen (secondary N) is 1. The number of benzene rings is 2. The molecule has 9 heteroatoms. The highest BCUT2D eigenvalue weighted by Crippen LogP contribution is 2.32. The lowest BCUT2D eigenvalue weighted by Crippen LogP contribution is -2.45. The van der Waals surface area contributed by atoms with Crippen LogP contribution in [0.2, 0.25) is 0 Å². The number of piperidine rings is 1. The third-order valence-corrected chi connectivity index (χ3v) is 7.24. The second kappa shape index (κ2) is 8.53. The molecule has 0 aromatic heterocycles. The van der Waals surface area contributed by atoms with E-state index in [-0.39, 0.29) is 30.1 Å². The monoisotopic (exact) mass is 432 g/mol. The Balaban J connectivity index is 1.38. The van der Waals surface area contributed by atoms with Gasteiger partial charge in [-0.25, -0.2) is 8.42 Å². The van der Waals surface area contributed by atoms with Crippen LogP contribution in [0, 0.1) is 5.92 Å². The second-order valence-corrected chi connectivity index (χ2v) is 9.22. The van der Waals surface area contributed by atoms with E-state index < -0.39 is 10.0 Å². The SMILES string of the molecule is COc1ccc(S(=O)(=O)N2CCC[C@H](C(=O)NCc3ccc4c(c3)OCO4)C2)cc1. The molecule has 2 aromatic rings. The van der Waals surface area contributed by atoms with Crippen molar-refractivity contribution in [1.29, 1.82) is 0 Å². The molecule has 1 saturated heterocycles. The van der Waals surface area contributed by atoms with E-state index in [1.54, 1.807) is 12.1 Å². The standard InChI is InChI=1S/C21H24N2O6S/c1-27-17-5-7-18(8-6-17)30(25,26)23-10-2-3-16(13-23)21(24)22-12-15-4-9-19-20(11-15)29-14-28-19/h4-9,11,16H,2-3,10,12-14H2,1H3,(H,22,24)/t16-/m0/s1. The van der Waals surface area contributed by atoms with Crippen molar-refractivity contribution in [3.05, 3.63) is 48.0 Å². The Bertz CT molecular complexity index is 1020. The number of carbonyl (C=O) groups excluding carboxylic acids is 1. The second-order valence-electron chi connectivity index (χ2n) is 7.28. The summed E-state index contributed by atoms with van der Waals surface area (Å²) >= 11 is 0. The lowest BCUT2D eigenvalue weighted by Gasteiger charge is -2.31. The largest absolute Gasteiger partial charge is 0.497 e. The topological polar surface area (TPSA) is 94.2 Å². The minimum absolute atomic E-state index is 0.151. The van der Waals surface area contributed by atoms with E-state index in [0.29, 0.717) is 43.2 Å². The molecule has 2 aliphatic rings. The Morgan fingerprint density at radius 1 is 1.17 bits per heavy atom. The highest BCUT2D eigenvalue weighted by Gasteiger charge is 2.33. The van der Waals surface area contributed by atoms with Crippen LogP contribution < -0.4 is 19.5 Å². The average molecular weight is 432 g/mol. The summed E-state index contributed by atoms with van der Waals surface area (Å²) in [5.41, 5.74) is 0.895. The van der Waals surface area contributed by atoms with Crippen molar-refractivity contribution in [1.82, 2.24) is 9.62 Å². The van der Waals surface area contributed by atoms with Crippen LogP contribution in [-0.4, -0.2) is 45.6 Å². The summed E-state index contributed by atoms with van der Waals surface area (Å²) in [6.07, 6.45) is 1.29. The Kier molecular flexibility index (Phi) is 5.83. The Labute approximate surface area is 175 Å². The highest BCUT2D eigenvalue weighted by atomic mass is 32.2. The van der Waals surface area contributed by atoms with Crippen LogP contribution in [0.4, 0.5) is 0 Å². The molecule has 2 aliphatic heterocycles. The number of hydrogen-bond donors (Lipinski definition) is 1. The molecule has 0 radical (unpaired) electrons. The maximum Gasteiger partial charge on any atom is 0.243 e. The molecule has 0 bridgehead atoms. The van der Waals surface area contributed by atoms with Crippen molar-refractivity contribution in [2.24, 2.45) is 5.92 Å². The van der Waals surface area contributed by atoms with Crippen LogP contribution in [-0.2, 0) is 21.4 Å². The molecule has 2 aromatic carbocycles. The highest BCUT2D eigenvalue weighted by molar-refractivity contribution is 7.89. The van der Waals surface area contributed by atoms with Crippen LogP contribution >= 0.6 is 0 Å². The van der Waals surface area contributed by atoms with Gasteiger partial charge >= 0.3 is 0 Å². The van der Waals surface area contributed by atoms with Crippen molar-refractivity contribution in [2.75, 3.05) is 27.0 Å². The van der Waals surface area contributed by atoms with Crippen LogP contribution in [0.15, 0.2) is 47.4 Å². The van der Waals surface area contributed by atoms with Crippen molar-refractivity contribution < 1.29 is 27.4 Å². The molecule has 1 atom stereocenters. The fourth-order valence-electron chi connectivity index (χ4n) is 3.66. The molecule has 0 saturated carbocycles. The third-order valence-electron chi connectivity index (χ3n) is 5.36. The van der Waals surface area contributed by atoms with E-state index in [1.807, 2.05) is 18.2 Å². The van der Waals surface area contributed by atoms with Gasteiger partial charge in [-0.1, -0.05) is 6.07 Å². The number of methoxy groups -OCH3 is 1. The van der Waals surface area contributed by atoms with Gasteiger partial charge in [-0.2, -0.15) is 4.31 Å². The van der Waals surface area contributed by atoms with E-state index in [1.165, 1.54) is 23.5 Å². The van der Waals surface area contributed by atoms with Gasteiger partial charge in [-0.15, -0.1) is 0 Å². The molecule has 1 N–H and O–H groups in total. The number of fused-ring (bicyclic) bond motifs is 1. The number of rotatable bonds is 6. The number of amides is 1. The zero-order valence-electron chi connectivity index (χ0n) is 16.7. The summed E-state index contributed by atoms with van der Waals surface area (Å²) in [4.78, 5) is 12.9. The molecular formula is C21H24N2O6S. The van der Waals surface area contributed by atoms with E-state index >= 15 is 0 Å². The Morgan fingerprint density at radius 3 is 2.70 bits per heavy atom. The van der Waals surface area contributed by atoms with E-state index in [0.717, 1.165) is 5.56 Å². The smallest absolute Gasteiger partial charge is 0.243 e. The first-order valence-electron chi connectivity index (χ1n) is 9.78. The molecule has 1 amide bonds. The van der Waals surface area contributed by atoms with Gasteiger partial charge in [0.2, 0.25) is 22.7 Å². The van der Waals surface area contributed by atoms with Crippen LogP contribution in [0.5, 0.6) is 17.2 Å². The van der Waals surface area contributed by atoms with Crippen molar-refractivity contribution in [2.45, 2.75) is 24.3 Å². The fraction of sp³-hybridized carbons (Fsp3) is 0.381. The Morgan fingerprint density at radius 2 is 1.93 bits per heavy atom. The summed E-state index contributed by atoms with van der Waals surface area (Å²) in [6, 6.07) is 11.8. The van der Waals surface area contributed by atoms with Crippen molar-refractivity contribution >= 4 is 15.9 Å². The minimum Gasteiger partial charge on any atom is -0.497 e. The lowest BCUT2D eigenvalue weighted by atomic mass is 9.98. The van der Waals surface area contributed by atoms with Crippen LogP contribution in [0.3, 0.4) is 0 Å². The summed E-state index contributed by atoms with van der Waals surface area (Å²) in [5.74, 6) is 1.41. The van der Waals surface area contributed by atoms with Gasteiger partial charge in [0.25, 0.3) is 0 Å². The summed E-state index contributed by atoms with van der Waals surface area (Å²) in [6.45, 7) is 1.12. The van der Waals surface area contributed by atoms with Gasteiger partial charge in [0.1, 0.15) is 5.75 Å². The molecule has 4 rings (SSSR count). The fourth-order valence-corrected chi connectivity index (χ4v) is 5.18. The maximum absolute atomic E-state index is 13.0. The van der Waals surface area contributed by atoms with Crippen LogP contribution in [0.25, 0.3) is 0 Å². The average Bonchev–Trinajstić information content (AvgIpc) is 3.25. The molecule has 2 heterocycles. The normalized spacial score (nSPS) is 18.8. The van der Waals surface area contributed by atoms with Gasteiger partial charge in [0.05, 0.1) is 17.9 Å². The first-order valence-corrected chi connectivity index (χ1v) is 11.2. The molecule has 0 aliphatic carbocycles. The van der Waals surface area contributed by atoms with Gasteiger partial charge in [-0.05, 0) is 54.8 Å². The van der Waals surface area contributed by atoms with E-state index in [4.69, 9.17) is 14.2 Å². The summed E-state index contributed by atoms with van der Waals surface area (Å²) in [5, 5.41) is 2.91. The maximum atomic E-state index is 13.0. The van der Waals surface area contributed by atoms with Gasteiger partial charge in [0, 0.05) is 19.6 Å². The van der Waals surface area contributed by atoms with E-state index in [2.05, 4.69) is 5.32 Å². The number of ether oxygens (including phenoxy) is 3. The number of carbonyl (C=O) groups is 1. The predicted octanol–water partition coefficient (Wildman–Crippen LogP) is 2.14. The molecule has 160 valence electrons. The quantitative estimate of drug-likeness (QED) is 0.752. The van der Waals surface area contributed by atoms with Crippen molar-refractivity contribution in [3.63, 3.8) is 0 Å². The van der Waals surface area contributed by atoms with Crippen LogP contribution in [0.1, 0.15) is 18.4 Å². The summed E-state index contributed by atoms with van der Waals surface area (Å²) < 4.78 is 43.1. The minimum atomic E-state index is -3.66. The number of sulfonamides is 1. The third kappa shape index (κ3) is 4.22. The zero-order valence-corrected chi connectivity index (χ0v) is 17.5. The van der Waals surface area contributed by atoms with Gasteiger partial charge < -0.3 is 19.5 Å². The zero-order chi connectivity index (χ0) is 21.1. The number of hydrogen-bond acceptors (Lipinski definition) is 6. The predicted molar refractivity (Wildman–Crippen MR) is 109 cm³/mol. The molecule has 8 nitrogen and oxygen atoms in total. The first-order chi connectivity index (χ1) is 14.5. The summed E-state index contributed by atoms with van der Waals surface area (Å²) in [7, 11) is -2.13. The van der Waals surface area contributed by atoms with E-state index in [9.17, 15) is 13.2 Å². The molecule has 0 unspecified atom stereocenters. The molecule has 0 spiro atoms. The van der Waals surface area contributed by atoms with Gasteiger partial charge in [0.15, 0.2) is 11.5 Å². The van der Waals surface area contributed by atoms with Crippen molar-refractivity contribution in [3.8, 4) is 17.2 Å². The number of nitrogens with zero attached hydrogens (tertiary/aromatic N) is 1. The molecule has 30 heavy (non-hydrogen) atoms. The Hall–Kier alpha value is -2.78. The molecular weight excluding hydrogens is 408 g/mol. The van der Waals surface area contributed by atoms with Gasteiger partial charge in [-0.3, -0.25) is 4.79 Å². The molecule has 1 fully saturated rings.